The van der Waals surface area contributed by atoms with Crippen LogP contribution in [0.3, 0.4) is 0 Å². The maximum Gasteiger partial charge on any atom is 0.257 e. The zero-order chi connectivity index (χ0) is 28.1. The van der Waals surface area contributed by atoms with E-state index in [0.717, 1.165) is 36.2 Å². The van der Waals surface area contributed by atoms with E-state index < -0.39 is 0 Å². The van der Waals surface area contributed by atoms with Crippen molar-refractivity contribution in [1.82, 2.24) is 30.0 Å². The van der Waals surface area contributed by atoms with Crippen molar-refractivity contribution in [3.05, 3.63) is 65.3 Å². The number of carbonyl (C=O) groups excluding carboxylic acids is 2. The molecule has 3 aromatic heterocycles. The van der Waals surface area contributed by atoms with E-state index in [0.29, 0.717) is 40.2 Å². The highest BCUT2D eigenvalue weighted by Crippen LogP contribution is 2.33. The summed E-state index contributed by atoms with van der Waals surface area (Å²) in [6.07, 6.45) is 8.73. The highest BCUT2D eigenvalue weighted by molar-refractivity contribution is 7.15. The van der Waals surface area contributed by atoms with Gasteiger partial charge in [0.05, 0.1) is 0 Å². The molecule has 1 aromatic carbocycles. The van der Waals surface area contributed by atoms with Gasteiger partial charge in [-0.15, -0.1) is 11.3 Å². The normalized spacial score (nSPS) is 15.6. The van der Waals surface area contributed by atoms with Gasteiger partial charge >= 0.3 is 0 Å². The number of benzene rings is 1. The SMILES string of the molecule is Cc1cnc(NC(=O)c2ccc(Oc3ccnc4[nH]nc(N[C@@H]5CCCN(C(=O)C=CCN(C)C)C5)c34)cc2)s1. The van der Waals surface area contributed by atoms with Crippen molar-refractivity contribution in [1.29, 1.82) is 0 Å². The molecule has 0 saturated carbocycles. The van der Waals surface area contributed by atoms with E-state index in [1.165, 1.54) is 11.3 Å². The zero-order valence-electron chi connectivity index (χ0n) is 22.7. The fourth-order valence-electron chi connectivity index (χ4n) is 4.45. The highest BCUT2D eigenvalue weighted by Gasteiger charge is 2.24. The van der Waals surface area contributed by atoms with E-state index in [4.69, 9.17) is 4.74 Å². The van der Waals surface area contributed by atoms with E-state index >= 15 is 0 Å². The van der Waals surface area contributed by atoms with Crippen LogP contribution in [0.4, 0.5) is 10.9 Å². The molecule has 2 amide bonds. The first-order valence-corrected chi connectivity index (χ1v) is 13.9. The first-order chi connectivity index (χ1) is 19.4. The van der Waals surface area contributed by atoms with Gasteiger partial charge in [-0.25, -0.2) is 9.97 Å². The molecule has 0 spiro atoms. The van der Waals surface area contributed by atoms with Gasteiger partial charge in [0.2, 0.25) is 5.91 Å². The van der Waals surface area contributed by atoms with Crippen LogP contribution in [-0.2, 0) is 4.79 Å². The minimum atomic E-state index is -0.235. The first kappa shape index (κ1) is 27.3. The number of likely N-dealkylation sites (tertiary alicyclic amines) is 1. The Balaban J connectivity index is 1.26. The van der Waals surface area contributed by atoms with Gasteiger partial charge in [-0.1, -0.05) is 6.08 Å². The molecule has 0 aliphatic carbocycles. The second-order valence-electron chi connectivity index (χ2n) is 9.89. The van der Waals surface area contributed by atoms with Crippen LogP contribution < -0.4 is 15.4 Å². The largest absolute Gasteiger partial charge is 0.456 e. The van der Waals surface area contributed by atoms with Crippen molar-refractivity contribution in [2.75, 3.05) is 44.4 Å². The van der Waals surface area contributed by atoms with Gasteiger partial charge in [0.15, 0.2) is 16.6 Å². The Morgan fingerprint density at radius 3 is 2.80 bits per heavy atom. The number of piperidine rings is 1. The number of aromatic amines is 1. The summed E-state index contributed by atoms with van der Waals surface area (Å²) in [5, 5.41) is 15.0. The van der Waals surface area contributed by atoms with Crippen LogP contribution in [-0.4, -0.2) is 81.6 Å². The molecule has 1 saturated heterocycles. The van der Waals surface area contributed by atoms with E-state index in [-0.39, 0.29) is 17.9 Å². The van der Waals surface area contributed by atoms with E-state index in [1.54, 1.807) is 48.8 Å². The Morgan fingerprint density at radius 2 is 2.05 bits per heavy atom. The number of hydrogen-bond acceptors (Lipinski definition) is 9. The second kappa shape index (κ2) is 12.3. The lowest BCUT2D eigenvalue weighted by atomic mass is 10.1. The molecule has 0 bridgehead atoms. The van der Waals surface area contributed by atoms with Crippen molar-refractivity contribution < 1.29 is 14.3 Å². The molecule has 5 rings (SSSR count). The quantitative estimate of drug-likeness (QED) is 0.259. The molecule has 40 heavy (non-hydrogen) atoms. The lowest BCUT2D eigenvalue weighted by molar-refractivity contribution is -0.127. The van der Waals surface area contributed by atoms with Crippen molar-refractivity contribution in [3.63, 3.8) is 0 Å². The number of nitrogens with zero attached hydrogens (tertiary/aromatic N) is 5. The van der Waals surface area contributed by atoms with Crippen molar-refractivity contribution in [2.45, 2.75) is 25.8 Å². The third-order valence-electron chi connectivity index (χ3n) is 6.41. The van der Waals surface area contributed by atoms with Gasteiger partial charge in [-0.2, -0.15) is 5.10 Å². The summed E-state index contributed by atoms with van der Waals surface area (Å²) >= 11 is 1.42. The first-order valence-electron chi connectivity index (χ1n) is 13.1. The number of amides is 2. The minimum absolute atomic E-state index is 0.0184. The number of hydrogen-bond donors (Lipinski definition) is 3. The van der Waals surface area contributed by atoms with Crippen LogP contribution in [0.2, 0.25) is 0 Å². The number of aromatic nitrogens is 4. The zero-order valence-corrected chi connectivity index (χ0v) is 23.5. The van der Waals surface area contributed by atoms with E-state index in [2.05, 4.69) is 30.8 Å². The van der Waals surface area contributed by atoms with Gasteiger partial charge < -0.3 is 19.9 Å². The molecule has 1 fully saturated rings. The smallest absolute Gasteiger partial charge is 0.257 e. The molecule has 0 radical (unpaired) electrons. The van der Waals surface area contributed by atoms with E-state index in [9.17, 15) is 9.59 Å². The van der Waals surface area contributed by atoms with Crippen LogP contribution in [0.1, 0.15) is 28.1 Å². The fraction of sp³-hybridized carbons (Fsp3) is 0.321. The van der Waals surface area contributed by atoms with Crippen LogP contribution in [0.25, 0.3) is 11.0 Å². The molecule has 11 nitrogen and oxygen atoms in total. The maximum absolute atomic E-state index is 12.7. The molecule has 4 aromatic rings. The van der Waals surface area contributed by atoms with Crippen molar-refractivity contribution in [2.24, 2.45) is 0 Å². The third-order valence-corrected chi connectivity index (χ3v) is 7.24. The standard InChI is InChI=1S/C28H32N8O3S/c1-18-16-30-28(40-18)32-27(38)19-8-10-21(11-9-19)39-22-12-13-29-25-24(22)26(34-33-25)31-20-6-4-15-36(17-20)23(37)7-5-14-35(2)3/h5,7-13,16,20H,4,6,14-15,17H2,1-3H3,(H,30,32,38)(H2,29,31,33,34)/t20-/m1/s1. The number of nitrogens with one attached hydrogen (secondary N) is 3. The third kappa shape index (κ3) is 6.64. The number of anilines is 2. The van der Waals surface area contributed by atoms with Crippen LogP contribution in [0.5, 0.6) is 11.5 Å². The van der Waals surface area contributed by atoms with E-state index in [1.807, 2.05) is 36.9 Å². The molecule has 0 unspecified atom stereocenters. The van der Waals surface area contributed by atoms with Gasteiger partial charge in [0, 0.05) is 60.7 Å². The lowest BCUT2D eigenvalue weighted by Gasteiger charge is -2.32. The van der Waals surface area contributed by atoms with Crippen molar-refractivity contribution >= 4 is 45.1 Å². The van der Waals surface area contributed by atoms with Crippen LogP contribution in [0.15, 0.2) is 54.9 Å². The van der Waals surface area contributed by atoms with Crippen LogP contribution in [0, 0.1) is 6.92 Å². The Morgan fingerprint density at radius 1 is 1.23 bits per heavy atom. The van der Waals surface area contributed by atoms with Gasteiger partial charge in [0.1, 0.15) is 16.9 Å². The number of likely N-dealkylation sites (N-methyl/N-ethyl adjacent to an activating group) is 1. The maximum atomic E-state index is 12.7. The highest BCUT2D eigenvalue weighted by atomic mass is 32.1. The van der Waals surface area contributed by atoms with Crippen molar-refractivity contribution in [3.8, 4) is 11.5 Å². The lowest BCUT2D eigenvalue weighted by Crippen LogP contribution is -2.44. The Kier molecular flexibility index (Phi) is 8.37. The van der Waals surface area contributed by atoms with Gasteiger partial charge in [-0.3, -0.25) is 20.0 Å². The number of carbonyl (C=O) groups is 2. The summed E-state index contributed by atoms with van der Waals surface area (Å²) in [7, 11) is 3.94. The molecule has 1 atom stereocenters. The molecular formula is C28H32N8O3S. The number of aryl methyl sites for hydroxylation is 1. The minimum Gasteiger partial charge on any atom is -0.456 e. The topological polar surface area (TPSA) is 128 Å². The predicted molar refractivity (Wildman–Crippen MR) is 156 cm³/mol. The molecule has 3 N–H and O–H groups in total. The average Bonchev–Trinajstić information content (AvgIpc) is 3.55. The molecule has 1 aliphatic heterocycles. The summed E-state index contributed by atoms with van der Waals surface area (Å²) in [5.41, 5.74) is 1.09. The fourth-order valence-corrected chi connectivity index (χ4v) is 5.11. The van der Waals surface area contributed by atoms with Gasteiger partial charge in [-0.05, 0) is 58.1 Å². The number of H-pyrrole nitrogens is 1. The van der Waals surface area contributed by atoms with Crippen LogP contribution >= 0.6 is 11.3 Å². The molecule has 1 aliphatic rings. The summed E-state index contributed by atoms with van der Waals surface area (Å²) in [5.74, 6) is 1.55. The Bertz CT molecular complexity index is 1510. The molecule has 12 heteroatoms. The average molecular weight is 561 g/mol. The molecule has 4 heterocycles. The number of pyridine rings is 1. The number of fused-ring (bicyclic) bond motifs is 1. The number of rotatable bonds is 9. The number of thiazole rings is 1. The summed E-state index contributed by atoms with van der Waals surface area (Å²) in [6.45, 7) is 3.98. The monoisotopic (exact) mass is 560 g/mol. The Labute approximate surface area is 236 Å². The second-order valence-corrected chi connectivity index (χ2v) is 11.1. The molecule has 208 valence electrons. The summed E-state index contributed by atoms with van der Waals surface area (Å²) in [6, 6.07) is 8.73. The summed E-state index contributed by atoms with van der Waals surface area (Å²) < 4.78 is 6.20. The Hall–Kier alpha value is -4.29. The van der Waals surface area contributed by atoms with Gasteiger partial charge in [0.25, 0.3) is 5.91 Å². The molecular weight excluding hydrogens is 528 g/mol. The number of ether oxygens (including phenoxy) is 1. The summed E-state index contributed by atoms with van der Waals surface area (Å²) in [4.78, 5) is 38.7. The predicted octanol–water partition coefficient (Wildman–Crippen LogP) is 4.29.